The molecule has 0 bridgehead atoms. The van der Waals surface area contributed by atoms with Crippen LogP contribution < -0.4 is 0 Å². The average Bonchev–Trinajstić information content (AvgIpc) is 3.21. The third-order valence-corrected chi connectivity index (χ3v) is 5.17. The summed E-state index contributed by atoms with van der Waals surface area (Å²) in [6.07, 6.45) is 2.51. The number of hydrogen-bond acceptors (Lipinski definition) is 5. The van der Waals surface area contributed by atoms with Crippen molar-refractivity contribution >= 4 is 6.09 Å². The zero-order chi connectivity index (χ0) is 17.9. The number of carbonyl (C=O) groups is 1. The zero-order valence-corrected chi connectivity index (χ0v) is 15.1. The van der Waals surface area contributed by atoms with Crippen LogP contribution in [0.15, 0.2) is 30.3 Å². The predicted molar refractivity (Wildman–Crippen MR) is 91.9 cm³/mol. The van der Waals surface area contributed by atoms with Gasteiger partial charge in [0.05, 0.1) is 12.1 Å². The van der Waals surface area contributed by atoms with Gasteiger partial charge in [0.25, 0.3) is 0 Å². The van der Waals surface area contributed by atoms with Crippen molar-refractivity contribution in [2.45, 2.75) is 56.8 Å². The van der Waals surface area contributed by atoms with Crippen LogP contribution in [0, 0.1) is 0 Å². The molecule has 1 aromatic rings. The van der Waals surface area contributed by atoms with Gasteiger partial charge >= 0.3 is 6.09 Å². The Balaban J connectivity index is 1.93. The molecule has 0 radical (unpaired) electrons. The van der Waals surface area contributed by atoms with Gasteiger partial charge in [-0.15, -0.1) is 0 Å². The highest BCUT2D eigenvalue weighted by molar-refractivity contribution is 5.71. The summed E-state index contributed by atoms with van der Waals surface area (Å²) >= 11 is 0. The Morgan fingerprint density at radius 2 is 2.04 bits per heavy atom. The molecule has 138 valence electrons. The standard InChI is InChI=1S/C19H27NO5/c1-4-5-11-19(23-3)16(12-17(22-2)25-19)20-15(13-24-18(20)21)14-9-7-6-8-10-14/h6-10,15-17H,4-5,11-13H2,1-3H3/t15-,16+,17?,19+/m0/s1. The maximum Gasteiger partial charge on any atom is 0.410 e. The normalized spacial score (nSPS) is 32.2. The van der Waals surface area contributed by atoms with Crippen molar-refractivity contribution in [1.82, 2.24) is 4.90 Å². The molecule has 0 aromatic heterocycles. The molecule has 0 N–H and O–H groups in total. The minimum Gasteiger partial charge on any atom is -0.447 e. The third kappa shape index (κ3) is 3.38. The van der Waals surface area contributed by atoms with Crippen molar-refractivity contribution in [3.8, 4) is 0 Å². The number of amides is 1. The molecule has 2 heterocycles. The summed E-state index contributed by atoms with van der Waals surface area (Å²) in [5, 5.41) is 0. The van der Waals surface area contributed by atoms with Gasteiger partial charge in [-0.2, -0.15) is 0 Å². The molecule has 1 amide bonds. The van der Waals surface area contributed by atoms with Crippen LogP contribution in [0.1, 0.15) is 44.2 Å². The van der Waals surface area contributed by atoms with E-state index >= 15 is 0 Å². The quantitative estimate of drug-likeness (QED) is 0.754. The van der Waals surface area contributed by atoms with Crippen LogP contribution in [-0.4, -0.2) is 49.9 Å². The minimum atomic E-state index is -0.868. The second kappa shape index (κ2) is 7.72. The van der Waals surface area contributed by atoms with Gasteiger partial charge in [0.1, 0.15) is 6.61 Å². The first-order valence-corrected chi connectivity index (χ1v) is 8.91. The SMILES string of the molecule is CCCC[C@@]1(OC)OC(OC)C[C@H]1N1C(=O)OC[C@H]1c1ccccc1. The van der Waals surface area contributed by atoms with Crippen molar-refractivity contribution in [3.05, 3.63) is 35.9 Å². The van der Waals surface area contributed by atoms with Gasteiger partial charge in [-0.05, 0) is 12.0 Å². The number of nitrogens with zero attached hydrogens (tertiary/aromatic N) is 1. The van der Waals surface area contributed by atoms with E-state index in [0.29, 0.717) is 19.4 Å². The third-order valence-electron chi connectivity index (χ3n) is 5.17. The molecule has 2 aliphatic rings. The molecule has 1 aromatic carbocycles. The highest BCUT2D eigenvalue weighted by Crippen LogP contribution is 2.44. The van der Waals surface area contributed by atoms with E-state index in [9.17, 15) is 4.79 Å². The molecule has 0 saturated carbocycles. The fourth-order valence-electron chi connectivity index (χ4n) is 3.82. The van der Waals surface area contributed by atoms with E-state index in [0.717, 1.165) is 18.4 Å². The van der Waals surface area contributed by atoms with Crippen LogP contribution in [-0.2, 0) is 18.9 Å². The Labute approximate surface area is 149 Å². The van der Waals surface area contributed by atoms with Gasteiger partial charge in [-0.1, -0.05) is 43.7 Å². The molecule has 6 nitrogen and oxygen atoms in total. The molecular formula is C19H27NO5. The Kier molecular flexibility index (Phi) is 5.61. The molecular weight excluding hydrogens is 322 g/mol. The van der Waals surface area contributed by atoms with Crippen LogP contribution in [0.3, 0.4) is 0 Å². The minimum absolute atomic E-state index is 0.144. The average molecular weight is 349 g/mol. The number of carbonyl (C=O) groups excluding carboxylic acids is 1. The van der Waals surface area contributed by atoms with Crippen molar-refractivity contribution in [1.29, 1.82) is 0 Å². The highest BCUT2D eigenvalue weighted by atomic mass is 16.8. The van der Waals surface area contributed by atoms with Crippen LogP contribution in [0.2, 0.25) is 0 Å². The maximum absolute atomic E-state index is 12.6. The van der Waals surface area contributed by atoms with Crippen LogP contribution in [0.4, 0.5) is 4.79 Å². The Bertz CT molecular complexity index is 580. The first-order valence-electron chi connectivity index (χ1n) is 8.91. The molecule has 4 atom stereocenters. The lowest BCUT2D eigenvalue weighted by atomic mass is 9.96. The van der Waals surface area contributed by atoms with Crippen LogP contribution in [0.5, 0.6) is 0 Å². The van der Waals surface area contributed by atoms with E-state index in [1.807, 2.05) is 30.3 Å². The van der Waals surface area contributed by atoms with Crippen LogP contribution in [0.25, 0.3) is 0 Å². The van der Waals surface area contributed by atoms with E-state index in [1.54, 1.807) is 19.1 Å². The molecule has 0 aliphatic carbocycles. The number of unbranched alkanes of at least 4 members (excludes halogenated alkanes) is 1. The number of ether oxygens (including phenoxy) is 4. The van der Waals surface area contributed by atoms with Gasteiger partial charge in [0.15, 0.2) is 12.1 Å². The fraction of sp³-hybridized carbons (Fsp3) is 0.632. The summed E-state index contributed by atoms with van der Waals surface area (Å²) in [4.78, 5) is 14.4. The Morgan fingerprint density at radius 1 is 1.28 bits per heavy atom. The lowest BCUT2D eigenvalue weighted by molar-refractivity contribution is -0.271. The van der Waals surface area contributed by atoms with E-state index in [-0.39, 0.29) is 18.2 Å². The highest BCUT2D eigenvalue weighted by Gasteiger charge is 2.56. The summed E-state index contributed by atoms with van der Waals surface area (Å²) < 4.78 is 22.8. The Hall–Kier alpha value is -1.63. The summed E-state index contributed by atoms with van der Waals surface area (Å²) in [6.45, 7) is 2.46. The van der Waals surface area contributed by atoms with Crippen molar-refractivity contribution in [2.24, 2.45) is 0 Å². The second-order valence-corrected chi connectivity index (χ2v) is 6.56. The van der Waals surface area contributed by atoms with Gasteiger partial charge in [-0.3, -0.25) is 4.90 Å². The first kappa shape index (κ1) is 18.2. The van der Waals surface area contributed by atoms with Crippen molar-refractivity contribution < 1.29 is 23.7 Å². The lowest BCUT2D eigenvalue weighted by Crippen LogP contribution is -2.52. The van der Waals surface area contributed by atoms with E-state index in [4.69, 9.17) is 18.9 Å². The topological polar surface area (TPSA) is 57.2 Å². The van der Waals surface area contributed by atoms with E-state index in [1.165, 1.54) is 0 Å². The summed E-state index contributed by atoms with van der Waals surface area (Å²) in [5.74, 6) is -0.868. The van der Waals surface area contributed by atoms with Crippen molar-refractivity contribution in [3.63, 3.8) is 0 Å². The number of rotatable bonds is 7. The summed E-state index contributed by atoms with van der Waals surface area (Å²) in [6, 6.07) is 9.54. The molecule has 2 fully saturated rings. The fourth-order valence-corrected chi connectivity index (χ4v) is 3.82. The second-order valence-electron chi connectivity index (χ2n) is 6.56. The number of cyclic esters (lactones) is 1. The van der Waals surface area contributed by atoms with E-state index < -0.39 is 12.1 Å². The van der Waals surface area contributed by atoms with Gasteiger partial charge in [0.2, 0.25) is 0 Å². The molecule has 2 aliphatic heterocycles. The monoisotopic (exact) mass is 349 g/mol. The predicted octanol–water partition coefficient (Wildman–Crippen LogP) is 3.47. The summed E-state index contributed by atoms with van der Waals surface area (Å²) in [5.41, 5.74) is 1.05. The number of benzene rings is 1. The Morgan fingerprint density at radius 3 is 2.68 bits per heavy atom. The maximum atomic E-state index is 12.6. The molecule has 2 saturated heterocycles. The summed E-state index contributed by atoms with van der Waals surface area (Å²) in [7, 11) is 3.25. The number of hydrogen-bond donors (Lipinski definition) is 0. The molecule has 1 unspecified atom stereocenters. The van der Waals surface area contributed by atoms with Crippen molar-refractivity contribution in [2.75, 3.05) is 20.8 Å². The molecule has 25 heavy (non-hydrogen) atoms. The first-order chi connectivity index (χ1) is 12.1. The van der Waals surface area contributed by atoms with Crippen LogP contribution >= 0.6 is 0 Å². The smallest absolute Gasteiger partial charge is 0.410 e. The van der Waals surface area contributed by atoms with E-state index in [2.05, 4.69) is 6.92 Å². The lowest BCUT2D eigenvalue weighted by Gasteiger charge is -2.38. The molecule has 0 spiro atoms. The van der Waals surface area contributed by atoms with Gasteiger partial charge in [0, 0.05) is 27.1 Å². The van der Waals surface area contributed by atoms with Gasteiger partial charge in [-0.25, -0.2) is 4.79 Å². The zero-order valence-electron chi connectivity index (χ0n) is 15.1. The molecule has 3 rings (SSSR count). The largest absolute Gasteiger partial charge is 0.447 e. The van der Waals surface area contributed by atoms with Gasteiger partial charge < -0.3 is 18.9 Å². The molecule has 6 heteroatoms. The number of methoxy groups -OCH3 is 2.